The van der Waals surface area contributed by atoms with Crippen LogP contribution in [0.1, 0.15) is 48.4 Å². The second-order valence-electron chi connectivity index (χ2n) is 7.55. The van der Waals surface area contributed by atoms with Gasteiger partial charge in [0.2, 0.25) is 12.7 Å². The summed E-state index contributed by atoms with van der Waals surface area (Å²) in [4.78, 5) is 23.5. The molecule has 2 heterocycles. The summed E-state index contributed by atoms with van der Waals surface area (Å²) in [6.45, 7) is 4.96. The molecule has 2 aliphatic rings. The number of amides is 1. The van der Waals surface area contributed by atoms with E-state index >= 15 is 0 Å². The maximum Gasteiger partial charge on any atom is 0.273 e. The van der Waals surface area contributed by atoms with Crippen LogP contribution in [0.3, 0.4) is 0 Å². The fourth-order valence-electron chi connectivity index (χ4n) is 3.29. The minimum Gasteiger partial charge on any atom is -0.454 e. The van der Waals surface area contributed by atoms with Crippen LogP contribution in [0.5, 0.6) is 11.5 Å². The van der Waals surface area contributed by atoms with Crippen molar-refractivity contribution in [2.45, 2.75) is 45.7 Å². The van der Waals surface area contributed by atoms with Crippen LogP contribution < -0.4 is 15.2 Å². The molecule has 4 rings (SSSR count). The van der Waals surface area contributed by atoms with Gasteiger partial charge in [-0.25, -0.2) is 9.97 Å². The van der Waals surface area contributed by atoms with Gasteiger partial charge >= 0.3 is 0 Å². The van der Waals surface area contributed by atoms with Crippen molar-refractivity contribution in [1.82, 2.24) is 14.9 Å². The largest absolute Gasteiger partial charge is 0.454 e. The van der Waals surface area contributed by atoms with Crippen molar-refractivity contribution in [3.8, 4) is 11.5 Å². The lowest BCUT2D eigenvalue weighted by molar-refractivity contribution is 0.0723. The molecule has 27 heavy (non-hydrogen) atoms. The maximum absolute atomic E-state index is 13.2. The van der Waals surface area contributed by atoms with Crippen LogP contribution in [-0.4, -0.2) is 33.6 Å². The lowest BCUT2D eigenvalue weighted by Gasteiger charge is -2.22. The fraction of sp³-hybridized carbons (Fsp3) is 0.450. The molecule has 0 bridgehead atoms. The Labute approximate surface area is 158 Å². The number of carbonyl (C=O) groups excluding carboxylic acids is 1. The lowest BCUT2D eigenvalue weighted by Crippen LogP contribution is -2.33. The molecule has 1 fully saturated rings. The number of fused-ring (bicyclic) bond motifs is 1. The van der Waals surface area contributed by atoms with Crippen LogP contribution >= 0.6 is 0 Å². The summed E-state index contributed by atoms with van der Waals surface area (Å²) >= 11 is 0. The van der Waals surface area contributed by atoms with Gasteiger partial charge in [-0.1, -0.05) is 19.9 Å². The number of ether oxygens (including phenoxy) is 2. The van der Waals surface area contributed by atoms with Crippen LogP contribution in [0, 0.1) is 5.92 Å². The first-order valence-electron chi connectivity index (χ1n) is 9.32. The van der Waals surface area contributed by atoms with Crippen molar-refractivity contribution in [3.63, 3.8) is 0 Å². The van der Waals surface area contributed by atoms with Crippen molar-refractivity contribution in [2.24, 2.45) is 5.92 Å². The highest BCUT2D eigenvalue weighted by Gasteiger charge is 2.34. The van der Waals surface area contributed by atoms with Gasteiger partial charge in [-0.2, -0.15) is 0 Å². The lowest BCUT2D eigenvalue weighted by atomic mass is 10.1. The Bertz CT molecular complexity index is 864. The van der Waals surface area contributed by atoms with Gasteiger partial charge in [-0.3, -0.25) is 4.79 Å². The first kappa shape index (κ1) is 17.6. The van der Waals surface area contributed by atoms with Gasteiger partial charge in [-0.05, 0) is 48.9 Å². The SMILES string of the molecule is CC(C)Cc1cc(C(=O)N(Cc2ccc3c(c2)OCO3)C2CC2)nc(N)n1. The Balaban J connectivity index is 1.57. The molecule has 1 saturated carbocycles. The normalized spacial score (nSPS) is 15.2. The highest BCUT2D eigenvalue weighted by atomic mass is 16.7. The van der Waals surface area contributed by atoms with E-state index in [1.54, 1.807) is 6.07 Å². The number of aromatic nitrogens is 2. The van der Waals surface area contributed by atoms with E-state index in [2.05, 4.69) is 23.8 Å². The molecule has 2 aromatic rings. The Kier molecular flexibility index (Phi) is 4.59. The first-order valence-corrected chi connectivity index (χ1v) is 9.32. The average Bonchev–Trinajstić information content (AvgIpc) is 3.35. The average molecular weight is 368 g/mol. The minimum absolute atomic E-state index is 0.103. The third kappa shape index (κ3) is 3.97. The van der Waals surface area contributed by atoms with E-state index in [0.29, 0.717) is 18.2 Å². The predicted octanol–water partition coefficient (Wildman–Crippen LogP) is 2.79. The van der Waals surface area contributed by atoms with Gasteiger partial charge in [0.1, 0.15) is 5.69 Å². The topological polar surface area (TPSA) is 90.6 Å². The number of carbonyl (C=O) groups is 1. The van der Waals surface area contributed by atoms with Crippen molar-refractivity contribution < 1.29 is 14.3 Å². The van der Waals surface area contributed by atoms with E-state index in [1.165, 1.54) is 0 Å². The number of hydrogen-bond acceptors (Lipinski definition) is 6. The molecule has 1 aromatic heterocycles. The predicted molar refractivity (Wildman–Crippen MR) is 100 cm³/mol. The fourth-order valence-corrected chi connectivity index (χ4v) is 3.29. The molecule has 1 aromatic carbocycles. The van der Waals surface area contributed by atoms with Crippen LogP contribution in [-0.2, 0) is 13.0 Å². The maximum atomic E-state index is 13.2. The number of nitrogen functional groups attached to an aromatic ring is 1. The molecule has 0 unspecified atom stereocenters. The monoisotopic (exact) mass is 368 g/mol. The summed E-state index contributed by atoms with van der Waals surface area (Å²) in [7, 11) is 0. The summed E-state index contributed by atoms with van der Waals surface area (Å²) in [6.07, 6.45) is 2.78. The third-order valence-corrected chi connectivity index (χ3v) is 4.67. The van der Waals surface area contributed by atoms with E-state index in [1.807, 2.05) is 23.1 Å². The van der Waals surface area contributed by atoms with Crippen molar-refractivity contribution in [3.05, 3.63) is 41.2 Å². The molecule has 0 radical (unpaired) electrons. The summed E-state index contributed by atoms with van der Waals surface area (Å²) in [6, 6.07) is 7.80. The summed E-state index contributed by atoms with van der Waals surface area (Å²) < 4.78 is 10.8. The van der Waals surface area contributed by atoms with Gasteiger partial charge in [0.25, 0.3) is 5.91 Å². The number of benzene rings is 1. The zero-order chi connectivity index (χ0) is 19.0. The number of rotatable bonds is 6. The molecule has 142 valence electrons. The molecule has 1 amide bonds. The molecule has 1 aliphatic carbocycles. The Morgan fingerprint density at radius 1 is 1.22 bits per heavy atom. The van der Waals surface area contributed by atoms with E-state index in [9.17, 15) is 4.79 Å². The van der Waals surface area contributed by atoms with Gasteiger partial charge in [-0.15, -0.1) is 0 Å². The highest BCUT2D eigenvalue weighted by Crippen LogP contribution is 2.35. The minimum atomic E-state index is -0.103. The third-order valence-electron chi connectivity index (χ3n) is 4.67. The zero-order valence-electron chi connectivity index (χ0n) is 15.6. The van der Waals surface area contributed by atoms with E-state index in [-0.39, 0.29) is 24.7 Å². The van der Waals surface area contributed by atoms with Gasteiger partial charge in [0.05, 0.1) is 0 Å². The standard InChI is InChI=1S/C20H24N4O3/c1-12(2)7-14-9-16(23-20(21)22-14)19(25)24(15-4-5-15)10-13-3-6-17-18(8-13)27-11-26-17/h3,6,8-9,12,15H,4-5,7,10-11H2,1-2H3,(H2,21,22,23). The molecule has 7 nitrogen and oxygen atoms in total. The summed E-state index contributed by atoms with van der Waals surface area (Å²) in [5.74, 6) is 1.94. The van der Waals surface area contributed by atoms with E-state index < -0.39 is 0 Å². The second kappa shape index (κ2) is 7.06. The zero-order valence-corrected chi connectivity index (χ0v) is 15.6. The smallest absolute Gasteiger partial charge is 0.273 e. The van der Waals surface area contributed by atoms with E-state index in [4.69, 9.17) is 15.2 Å². The Hall–Kier alpha value is -2.83. The van der Waals surface area contributed by atoms with Gasteiger partial charge in [0.15, 0.2) is 11.5 Å². The number of hydrogen-bond donors (Lipinski definition) is 1. The number of nitrogens with two attached hydrogens (primary N) is 1. The molecule has 0 saturated heterocycles. The Morgan fingerprint density at radius 2 is 2.00 bits per heavy atom. The van der Waals surface area contributed by atoms with Crippen molar-refractivity contribution in [2.75, 3.05) is 12.5 Å². The second-order valence-corrected chi connectivity index (χ2v) is 7.55. The molecule has 7 heteroatoms. The molecule has 0 atom stereocenters. The van der Waals surface area contributed by atoms with Crippen LogP contribution in [0.4, 0.5) is 5.95 Å². The molecule has 1 aliphatic heterocycles. The highest BCUT2D eigenvalue weighted by molar-refractivity contribution is 5.93. The molecule has 0 spiro atoms. The quantitative estimate of drug-likeness (QED) is 0.843. The Morgan fingerprint density at radius 3 is 2.74 bits per heavy atom. The van der Waals surface area contributed by atoms with Gasteiger partial charge in [0, 0.05) is 18.3 Å². The van der Waals surface area contributed by atoms with Crippen LogP contribution in [0.15, 0.2) is 24.3 Å². The molecular formula is C20H24N4O3. The van der Waals surface area contributed by atoms with Gasteiger partial charge < -0.3 is 20.1 Å². The first-order chi connectivity index (χ1) is 13.0. The van der Waals surface area contributed by atoms with Crippen molar-refractivity contribution >= 4 is 11.9 Å². The molecule has 2 N–H and O–H groups in total. The number of anilines is 1. The van der Waals surface area contributed by atoms with Crippen LogP contribution in [0.2, 0.25) is 0 Å². The summed E-state index contributed by atoms with van der Waals surface area (Å²) in [5.41, 5.74) is 8.03. The number of nitrogens with zero attached hydrogens (tertiary/aromatic N) is 3. The van der Waals surface area contributed by atoms with Crippen LogP contribution in [0.25, 0.3) is 0 Å². The molecular weight excluding hydrogens is 344 g/mol. The van der Waals surface area contributed by atoms with E-state index in [0.717, 1.165) is 42.0 Å². The van der Waals surface area contributed by atoms with Crippen molar-refractivity contribution in [1.29, 1.82) is 0 Å². The summed E-state index contributed by atoms with van der Waals surface area (Å²) in [5, 5.41) is 0.